The molecule has 2 rings (SSSR count). The molecule has 0 amide bonds. The second-order valence-electron chi connectivity index (χ2n) is 6.42. The standard InChI is InChI=1S/C14H28N2O2S/c1-12(2)14(16-7-3-4-8-16)10-15-13-6-5-9-19(17,18)11-13/h12-15H,3-11H2,1-2H3. The predicted molar refractivity (Wildman–Crippen MR) is 79.1 cm³/mol. The van der Waals surface area contributed by atoms with Crippen LogP contribution >= 0.6 is 0 Å². The van der Waals surface area contributed by atoms with Crippen LogP contribution in [0.25, 0.3) is 0 Å². The summed E-state index contributed by atoms with van der Waals surface area (Å²) in [5, 5.41) is 3.51. The molecule has 2 aliphatic rings. The zero-order valence-corrected chi connectivity index (χ0v) is 13.1. The molecular weight excluding hydrogens is 260 g/mol. The van der Waals surface area contributed by atoms with Crippen LogP contribution in [-0.4, -0.2) is 56.5 Å². The van der Waals surface area contributed by atoms with Crippen LogP contribution in [0.4, 0.5) is 0 Å². The second kappa shape index (κ2) is 6.55. The SMILES string of the molecule is CC(C)C(CNC1CCCS(=O)(=O)C1)N1CCCC1. The molecular formula is C14H28N2O2S. The molecule has 0 saturated carbocycles. The third-order valence-corrected chi connectivity index (χ3v) is 6.28. The van der Waals surface area contributed by atoms with E-state index < -0.39 is 9.84 Å². The fourth-order valence-corrected chi connectivity index (χ4v) is 5.00. The molecule has 2 atom stereocenters. The van der Waals surface area contributed by atoms with Crippen molar-refractivity contribution in [3.63, 3.8) is 0 Å². The highest BCUT2D eigenvalue weighted by molar-refractivity contribution is 7.91. The quantitative estimate of drug-likeness (QED) is 0.828. The highest BCUT2D eigenvalue weighted by Crippen LogP contribution is 2.18. The molecule has 112 valence electrons. The van der Waals surface area contributed by atoms with Gasteiger partial charge in [-0.3, -0.25) is 4.90 Å². The Bertz CT molecular complexity index is 375. The second-order valence-corrected chi connectivity index (χ2v) is 8.64. The van der Waals surface area contributed by atoms with Gasteiger partial charge in [-0.2, -0.15) is 0 Å². The number of rotatable bonds is 5. The molecule has 5 heteroatoms. The molecule has 2 unspecified atom stereocenters. The molecule has 0 aromatic carbocycles. The average Bonchev–Trinajstić information content (AvgIpc) is 2.81. The number of hydrogen-bond acceptors (Lipinski definition) is 4. The van der Waals surface area contributed by atoms with E-state index in [1.807, 2.05) is 0 Å². The van der Waals surface area contributed by atoms with Crippen molar-refractivity contribution in [2.24, 2.45) is 5.92 Å². The van der Waals surface area contributed by atoms with Crippen molar-refractivity contribution in [1.82, 2.24) is 10.2 Å². The summed E-state index contributed by atoms with van der Waals surface area (Å²) in [7, 11) is -2.80. The Morgan fingerprint density at radius 3 is 2.47 bits per heavy atom. The number of nitrogens with one attached hydrogen (secondary N) is 1. The first kappa shape index (κ1) is 15.3. The van der Waals surface area contributed by atoms with E-state index in [4.69, 9.17) is 0 Å². The van der Waals surface area contributed by atoms with Gasteiger partial charge in [0.1, 0.15) is 0 Å². The summed E-state index contributed by atoms with van der Waals surface area (Å²) in [6, 6.07) is 0.717. The van der Waals surface area contributed by atoms with E-state index in [0.29, 0.717) is 23.5 Å². The van der Waals surface area contributed by atoms with Gasteiger partial charge in [-0.25, -0.2) is 8.42 Å². The van der Waals surface area contributed by atoms with E-state index in [1.54, 1.807) is 0 Å². The number of likely N-dealkylation sites (tertiary alicyclic amines) is 1. The van der Waals surface area contributed by atoms with Gasteiger partial charge < -0.3 is 5.32 Å². The minimum Gasteiger partial charge on any atom is -0.311 e. The predicted octanol–water partition coefficient (Wildman–Crippen LogP) is 1.27. The maximum atomic E-state index is 11.6. The van der Waals surface area contributed by atoms with Crippen molar-refractivity contribution in [2.75, 3.05) is 31.1 Å². The van der Waals surface area contributed by atoms with E-state index >= 15 is 0 Å². The van der Waals surface area contributed by atoms with E-state index in [0.717, 1.165) is 19.4 Å². The maximum Gasteiger partial charge on any atom is 0.151 e. The van der Waals surface area contributed by atoms with Gasteiger partial charge in [0.15, 0.2) is 9.84 Å². The molecule has 0 bridgehead atoms. The molecule has 0 aromatic rings. The molecule has 2 fully saturated rings. The van der Waals surface area contributed by atoms with Crippen molar-refractivity contribution in [2.45, 2.75) is 51.6 Å². The summed E-state index contributed by atoms with van der Waals surface area (Å²) in [6.07, 6.45) is 4.43. The largest absolute Gasteiger partial charge is 0.311 e. The molecule has 2 saturated heterocycles. The van der Waals surface area contributed by atoms with Crippen LogP contribution in [0.1, 0.15) is 39.5 Å². The lowest BCUT2D eigenvalue weighted by Crippen LogP contribution is -2.49. The Labute approximate surface area is 117 Å². The Balaban J connectivity index is 1.84. The third-order valence-electron chi connectivity index (χ3n) is 4.46. The van der Waals surface area contributed by atoms with Gasteiger partial charge in [-0.1, -0.05) is 13.8 Å². The summed E-state index contributed by atoms with van der Waals surface area (Å²) in [5.74, 6) is 1.33. The van der Waals surface area contributed by atoms with Crippen LogP contribution < -0.4 is 5.32 Å². The average molecular weight is 288 g/mol. The summed E-state index contributed by atoms with van der Waals surface area (Å²) in [6.45, 7) is 7.86. The Kier molecular flexibility index (Phi) is 5.26. The van der Waals surface area contributed by atoms with Gasteiger partial charge in [-0.05, 0) is 44.7 Å². The van der Waals surface area contributed by atoms with Crippen molar-refractivity contribution >= 4 is 9.84 Å². The maximum absolute atomic E-state index is 11.6. The molecule has 1 N–H and O–H groups in total. The first-order chi connectivity index (χ1) is 8.98. The minimum absolute atomic E-state index is 0.169. The number of nitrogens with zero attached hydrogens (tertiary/aromatic N) is 1. The first-order valence-corrected chi connectivity index (χ1v) is 9.48. The smallest absolute Gasteiger partial charge is 0.151 e. The molecule has 0 aliphatic carbocycles. The molecule has 4 nitrogen and oxygen atoms in total. The van der Waals surface area contributed by atoms with Gasteiger partial charge in [0.05, 0.1) is 11.5 Å². The summed E-state index contributed by atoms with van der Waals surface area (Å²) >= 11 is 0. The van der Waals surface area contributed by atoms with E-state index in [9.17, 15) is 8.42 Å². The number of hydrogen-bond donors (Lipinski definition) is 1. The number of sulfone groups is 1. The Morgan fingerprint density at radius 1 is 1.21 bits per heavy atom. The Hall–Kier alpha value is -0.130. The minimum atomic E-state index is -2.80. The van der Waals surface area contributed by atoms with Crippen LogP contribution in [0.2, 0.25) is 0 Å². The molecule has 0 radical (unpaired) electrons. The van der Waals surface area contributed by atoms with Crippen LogP contribution in [0, 0.1) is 5.92 Å². The highest BCUT2D eigenvalue weighted by atomic mass is 32.2. The van der Waals surface area contributed by atoms with Gasteiger partial charge in [-0.15, -0.1) is 0 Å². The molecule has 0 aromatic heterocycles. The van der Waals surface area contributed by atoms with E-state index in [1.165, 1.54) is 25.9 Å². The van der Waals surface area contributed by atoms with Gasteiger partial charge >= 0.3 is 0 Å². The summed E-state index contributed by atoms with van der Waals surface area (Å²) in [5.41, 5.74) is 0. The lowest BCUT2D eigenvalue weighted by atomic mass is 10.0. The molecule has 0 spiro atoms. The normalized spacial score (nSPS) is 29.7. The van der Waals surface area contributed by atoms with Gasteiger partial charge in [0, 0.05) is 18.6 Å². The van der Waals surface area contributed by atoms with Crippen molar-refractivity contribution in [3.8, 4) is 0 Å². The van der Waals surface area contributed by atoms with E-state index in [2.05, 4.69) is 24.1 Å². The van der Waals surface area contributed by atoms with Crippen LogP contribution in [0.15, 0.2) is 0 Å². The fourth-order valence-electron chi connectivity index (χ4n) is 3.33. The first-order valence-electron chi connectivity index (χ1n) is 7.66. The molecule has 19 heavy (non-hydrogen) atoms. The summed E-state index contributed by atoms with van der Waals surface area (Å²) in [4.78, 5) is 2.56. The Morgan fingerprint density at radius 2 is 1.89 bits per heavy atom. The molecule has 2 heterocycles. The molecule has 2 aliphatic heterocycles. The monoisotopic (exact) mass is 288 g/mol. The highest BCUT2D eigenvalue weighted by Gasteiger charge is 2.28. The zero-order valence-electron chi connectivity index (χ0n) is 12.3. The third kappa shape index (κ3) is 4.43. The van der Waals surface area contributed by atoms with Crippen molar-refractivity contribution in [3.05, 3.63) is 0 Å². The van der Waals surface area contributed by atoms with Crippen LogP contribution in [0.3, 0.4) is 0 Å². The van der Waals surface area contributed by atoms with Crippen LogP contribution in [0.5, 0.6) is 0 Å². The summed E-state index contributed by atoms with van der Waals surface area (Å²) < 4.78 is 23.3. The van der Waals surface area contributed by atoms with Crippen molar-refractivity contribution < 1.29 is 8.42 Å². The van der Waals surface area contributed by atoms with Crippen molar-refractivity contribution in [1.29, 1.82) is 0 Å². The lowest BCUT2D eigenvalue weighted by molar-refractivity contribution is 0.182. The zero-order chi connectivity index (χ0) is 13.9. The topological polar surface area (TPSA) is 49.4 Å². The fraction of sp³-hybridized carbons (Fsp3) is 1.00. The lowest BCUT2D eigenvalue weighted by Gasteiger charge is -2.33. The van der Waals surface area contributed by atoms with Crippen LogP contribution in [-0.2, 0) is 9.84 Å². The van der Waals surface area contributed by atoms with Gasteiger partial charge in [0.25, 0.3) is 0 Å². The van der Waals surface area contributed by atoms with E-state index in [-0.39, 0.29) is 6.04 Å². The van der Waals surface area contributed by atoms with Gasteiger partial charge in [0.2, 0.25) is 0 Å².